The topological polar surface area (TPSA) is 0 Å². The second-order valence-corrected chi connectivity index (χ2v) is 1.58. The van der Waals surface area contributed by atoms with E-state index in [2.05, 4.69) is 13.0 Å². The van der Waals surface area contributed by atoms with Gasteiger partial charge in [-0.05, 0) is 0 Å². The van der Waals surface area contributed by atoms with E-state index >= 15 is 0 Å². The number of aryl methyl sites for hydroxylation is 1. The number of rotatable bonds is 0. The third-order valence-corrected chi connectivity index (χ3v) is 0.885. The molecule has 0 aliphatic carbocycles. The summed E-state index contributed by atoms with van der Waals surface area (Å²) in [5, 5.41) is 0. The van der Waals surface area contributed by atoms with Crippen molar-refractivity contribution in [2.24, 2.45) is 0 Å². The minimum atomic E-state index is 0. The standard InChI is InChI=1S/C7H7.BrH.Zn/c1-7-5-3-2-4-6-7;;/h3-6H,1H3;1H;/q-1;;. The van der Waals surface area contributed by atoms with Crippen LogP contribution in [0.1, 0.15) is 5.56 Å². The van der Waals surface area contributed by atoms with E-state index in [-0.39, 0.29) is 36.5 Å². The van der Waals surface area contributed by atoms with Crippen molar-refractivity contribution >= 4 is 17.0 Å². The van der Waals surface area contributed by atoms with Gasteiger partial charge in [-0.1, -0.05) is 6.92 Å². The van der Waals surface area contributed by atoms with Crippen molar-refractivity contribution in [1.82, 2.24) is 0 Å². The van der Waals surface area contributed by atoms with Crippen molar-refractivity contribution in [3.8, 4) is 0 Å². The molecule has 1 rings (SSSR count). The van der Waals surface area contributed by atoms with Gasteiger partial charge in [0.05, 0.1) is 0 Å². The summed E-state index contributed by atoms with van der Waals surface area (Å²) >= 11 is 0. The zero-order valence-electron chi connectivity index (χ0n) is 5.42. The molecule has 0 aliphatic heterocycles. The molecule has 0 aliphatic rings. The summed E-state index contributed by atoms with van der Waals surface area (Å²) in [6.45, 7) is 2.06. The number of hydrogen-bond donors (Lipinski definition) is 0. The number of halogens is 1. The summed E-state index contributed by atoms with van der Waals surface area (Å²) < 4.78 is 0. The molecule has 9 heavy (non-hydrogen) atoms. The van der Waals surface area contributed by atoms with E-state index in [9.17, 15) is 0 Å². The Hall–Kier alpha value is 0.323. The van der Waals surface area contributed by atoms with Crippen LogP contribution in [-0.4, -0.2) is 0 Å². The maximum absolute atomic E-state index is 2.93. The second-order valence-electron chi connectivity index (χ2n) is 1.58. The van der Waals surface area contributed by atoms with Crippen LogP contribution in [-0.2, 0) is 19.5 Å². The van der Waals surface area contributed by atoms with Gasteiger partial charge in [0.2, 0.25) is 0 Å². The summed E-state index contributed by atoms with van der Waals surface area (Å²) in [5.74, 6) is 0. The second kappa shape index (κ2) is 6.44. The van der Waals surface area contributed by atoms with E-state index in [4.69, 9.17) is 0 Å². The molecule has 0 radical (unpaired) electrons. The van der Waals surface area contributed by atoms with Crippen LogP contribution in [0.15, 0.2) is 24.3 Å². The van der Waals surface area contributed by atoms with Crippen molar-refractivity contribution in [1.29, 1.82) is 0 Å². The largest absolute Gasteiger partial charge is 0.184 e. The molecule has 0 bridgehead atoms. The van der Waals surface area contributed by atoms with Gasteiger partial charge in [-0.3, -0.25) is 0 Å². The fraction of sp³-hybridized carbons (Fsp3) is 0.143. The molecule has 0 aromatic heterocycles. The Labute approximate surface area is 79.2 Å². The van der Waals surface area contributed by atoms with Crippen molar-refractivity contribution < 1.29 is 19.5 Å². The molecule has 0 nitrogen and oxygen atoms in total. The molecule has 0 saturated heterocycles. The number of hydrogen-bond acceptors (Lipinski definition) is 0. The van der Waals surface area contributed by atoms with Gasteiger partial charge < -0.3 is 0 Å². The summed E-state index contributed by atoms with van der Waals surface area (Å²) in [6.07, 6.45) is 0. The van der Waals surface area contributed by atoms with Gasteiger partial charge in [-0.15, -0.1) is 17.0 Å². The third kappa shape index (κ3) is 4.80. The van der Waals surface area contributed by atoms with Crippen LogP contribution >= 0.6 is 17.0 Å². The quantitative estimate of drug-likeness (QED) is 0.480. The third-order valence-electron chi connectivity index (χ3n) is 0.885. The van der Waals surface area contributed by atoms with Crippen LogP contribution < -0.4 is 0 Å². The Morgan fingerprint density at radius 3 is 1.89 bits per heavy atom. The molecule has 0 fully saturated rings. The molecule has 2 heteroatoms. The van der Waals surface area contributed by atoms with Crippen LogP contribution in [0.4, 0.5) is 0 Å². The van der Waals surface area contributed by atoms with Gasteiger partial charge in [-0.25, -0.2) is 0 Å². The smallest absolute Gasteiger partial charge is 0 e. The normalized spacial score (nSPS) is 6.78. The van der Waals surface area contributed by atoms with Crippen LogP contribution in [0.5, 0.6) is 0 Å². The summed E-state index contributed by atoms with van der Waals surface area (Å²) in [7, 11) is 0. The Morgan fingerprint density at radius 1 is 1.22 bits per heavy atom. The Balaban J connectivity index is 0. The van der Waals surface area contributed by atoms with Crippen molar-refractivity contribution in [3.63, 3.8) is 0 Å². The average Bonchev–Trinajstić information content (AvgIpc) is 1.69. The zero-order chi connectivity index (χ0) is 5.11. The van der Waals surface area contributed by atoms with E-state index in [1.807, 2.05) is 24.3 Å². The molecular weight excluding hydrogens is 229 g/mol. The predicted octanol–water partition coefficient (Wildman–Crippen LogP) is 2.37. The molecule has 0 N–H and O–H groups in total. The summed E-state index contributed by atoms with van der Waals surface area (Å²) in [5.41, 5.74) is 1.29. The molecule has 0 unspecified atom stereocenters. The average molecular weight is 237 g/mol. The first-order chi connectivity index (χ1) is 3.39. The first-order valence-electron chi connectivity index (χ1n) is 2.32. The SMILES string of the molecule is Br.Cc1cc[c-]cc1.[Zn]. The maximum atomic E-state index is 2.93. The van der Waals surface area contributed by atoms with Crippen molar-refractivity contribution in [2.75, 3.05) is 0 Å². The molecule has 0 atom stereocenters. The molecule has 1 aromatic rings. The first-order valence-corrected chi connectivity index (χ1v) is 2.32. The van der Waals surface area contributed by atoms with Crippen LogP contribution in [0, 0.1) is 13.0 Å². The van der Waals surface area contributed by atoms with E-state index in [0.29, 0.717) is 0 Å². The van der Waals surface area contributed by atoms with Gasteiger partial charge in [-0.2, -0.15) is 35.9 Å². The molecule has 0 spiro atoms. The molecule has 0 amide bonds. The Bertz CT molecular complexity index is 139. The van der Waals surface area contributed by atoms with Crippen molar-refractivity contribution in [3.05, 3.63) is 35.9 Å². The zero-order valence-corrected chi connectivity index (χ0v) is 10.1. The molecule has 0 heterocycles. The van der Waals surface area contributed by atoms with Gasteiger partial charge in [0, 0.05) is 19.5 Å². The van der Waals surface area contributed by atoms with Crippen LogP contribution in [0.2, 0.25) is 0 Å². The van der Waals surface area contributed by atoms with Crippen molar-refractivity contribution in [2.45, 2.75) is 6.92 Å². The predicted molar refractivity (Wildman–Crippen MR) is 40.3 cm³/mol. The van der Waals surface area contributed by atoms with E-state index in [1.54, 1.807) is 0 Å². The summed E-state index contributed by atoms with van der Waals surface area (Å²) in [6, 6.07) is 10.8. The van der Waals surface area contributed by atoms with Gasteiger partial charge in [0.25, 0.3) is 0 Å². The molecule has 46 valence electrons. The first kappa shape index (κ1) is 12.0. The van der Waals surface area contributed by atoms with Crippen LogP contribution in [0.25, 0.3) is 0 Å². The van der Waals surface area contributed by atoms with E-state index < -0.39 is 0 Å². The Morgan fingerprint density at radius 2 is 1.67 bits per heavy atom. The van der Waals surface area contributed by atoms with Gasteiger partial charge in [0.1, 0.15) is 0 Å². The minimum Gasteiger partial charge on any atom is -0.184 e. The van der Waals surface area contributed by atoms with Crippen LogP contribution in [0.3, 0.4) is 0 Å². The molecule has 1 aromatic carbocycles. The van der Waals surface area contributed by atoms with E-state index in [0.717, 1.165) is 0 Å². The fourth-order valence-corrected chi connectivity index (χ4v) is 0.470. The van der Waals surface area contributed by atoms with E-state index in [1.165, 1.54) is 5.56 Å². The Kier molecular flexibility index (Phi) is 8.62. The van der Waals surface area contributed by atoms with Gasteiger partial charge in [0.15, 0.2) is 0 Å². The summed E-state index contributed by atoms with van der Waals surface area (Å²) in [4.78, 5) is 0. The van der Waals surface area contributed by atoms with Gasteiger partial charge >= 0.3 is 0 Å². The minimum absolute atomic E-state index is 0. The number of benzene rings is 1. The molecular formula is C7H8BrZn-. The maximum Gasteiger partial charge on any atom is 0 e. The molecule has 0 saturated carbocycles. The fourth-order valence-electron chi connectivity index (χ4n) is 0.470. The monoisotopic (exact) mass is 235 g/mol.